The molecule has 0 heterocycles. The van der Waals surface area contributed by atoms with Gasteiger partial charge in [0.25, 0.3) is 0 Å². The van der Waals surface area contributed by atoms with Crippen molar-refractivity contribution in [3.05, 3.63) is 12.7 Å². The van der Waals surface area contributed by atoms with E-state index >= 15 is 0 Å². The van der Waals surface area contributed by atoms with Crippen molar-refractivity contribution in [2.45, 2.75) is 19.8 Å². The van der Waals surface area contributed by atoms with Gasteiger partial charge in [-0.3, -0.25) is 0 Å². The van der Waals surface area contributed by atoms with Gasteiger partial charge >= 0.3 is 0 Å². The zero-order valence-electron chi connectivity index (χ0n) is 3.70. The maximum atomic E-state index is 3.55. The molecule has 0 rings (SSSR count). The average molecular weight is 100 g/mol. The molecule has 0 aromatic rings. The van der Waals surface area contributed by atoms with Gasteiger partial charge < -0.3 is 0 Å². The Morgan fingerprint density at radius 1 is 1.67 bits per heavy atom. The van der Waals surface area contributed by atoms with E-state index in [1.54, 1.807) is 0 Å². The summed E-state index contributed by atoms with van der Waals surface area (Å²) in [5, 5.41) is 0. The van der Waals surface area contributed by atoms with Gasteiger partial charge in [-0.25, -0.2) is 0 Å². The normalized spacial score (nSPS) is 6.17. The Kier molecular flexibility index (Phi) is 14.3. The molecule has 0 spiro atoms. The summed E-state index contributed by atoms with van der Waals surface area (Å²) in [4.78, 5) is 0. The van der Waals surface area contributed by atoms with Gasteiger partial charge in [-0.2, -0.15) is 0 Å². The Bertz CT molecular complexity index is 25.1. The second kappa shape index (κ2) is 8.99. The Labute approximate surface area is 50.4 Å². The summed E-state index contributed by atoms with van der Waals surface area (Å²) in [7, 11) is 0. The summed E-state index contributed by atoms with van der Waals surface area (Å²) in [6.07, 6.45) is 4.31. The fraction of sp³-hybridized carbons (Fsp3) is 0.600. The number of rotatable bonds is 2. The third-order valence-corrected chi connectivity index (χ3v) is 0.493. The van der Waals surface area contributed by atoms with E-state index in [-0.39, 0.29) is 17.4 Å². The summed E-state index contributed by atoms with van der Waals surface area (Å²) in [6, 6.07) is 0. The second-order valence-corrected chi connectivity index (χ2v) is 1.08. The van der Waals surface area contributed by atoms with Crippen molar-refractivity contribution in [3.8, 4) is 0 Å². The largest absolute Gasteiger partial charge is 0.187 e. The molecule has 0 aliphatic carbocycles. The molecule has 0 radical (unpaired) electrons. The molecule has 0 unspecified atom stereocenters. The quantitative estimate of drug-likeness (QED) is 0.355. The highest BCUT2D eigenvalue weighted by atomic mass is 27.0. The summed E-state index contributed by atoms with van der Waals surface area (Å²) in [5.41, 5.74) is 0. The van der Waals surface area contributed by atoms with Crippen LogP contribution in [0.4, 0.5) is 0 Å². The van der Waals surface area contributed by atoms with E-state index in [0.29, 0.717) is 0 Å². The second-order valence-electron chi connectivity index (χ2n) is 1.08. The highest BCUT2D eigenvalue weighted by molar-refractivity contribution is 5.75. The van der Waals surface area contributed by atoms with Gasteiger partial charge in [0.05, 0.1) is 0 Å². The monoisotopic (exact) mass is 100 g/mol. The van der Waals surface area contributed by atoms with Crippen molar-refractivity contribution < 1.29 is 0 Å². The summed E-state index contributed by atoms with van der Waals surface area (Å²) >= 11 is 0. The topological polar surface area (TPSA) is 0 Å². The lowest BCUT2D eigenvalue weighted by atomic mass is 10.3. The number of hydrogen-bond acceptors (Lipinski definition) is 0. The van der Waals surface area contributed by atoms with Crippen molar-refractivity contribution in [2.24, 2.45) is 0 Å². The van der Waals surface area contributed by atoms with Gasteiger partial charge in [-0.05, 0) is 6.42 Å². The molecule has 0 aliphatic heterocycles. The molecule has 0 N–H and O–H groups in total. The first-order chi connectivity index (χ1) is 2.41. The van der Waals surface area contributed by atoms with Crippen molar-refractivity contribution >= 4 is 17.4 Å². The molecule has 0 atom stereocenters. The molecule has 0 saturated heterocycles. The van der Waals surface area contributed by atoms with Gasteiger partial charge in [0, 0.05) is 0 Å². The average Bonchev–Trinajstić information content (AvgIpc) is 1.41. The zero-order valence-corrected chi connectivity index (χ0v) is 3.70. The highest BCUT2D eigenvalue weighted by Gasteiger charge is 1.61. The van der Waals surface area contributed by atoms with Crippen LogP contribution in [0.5, 0.6) is 0 Å². The SMILES string of the molecule is C=CCCC.[AlH3]. The zero-order chi connectivity index (χ0) is 4.12. The fourth-order valence-electron chi connectivity index (χ4n) is 0.204. The first-order valence-electron chi connectivity index (χ1n) is 2.02. The maximum Gasteiger partial charge on any atom is 0.187 e. The Hall–Kier alpha value is 0.272. The van der Waals surface area contributed by atoms with Gasteiger partial charge in [0.15, 0.2) is 17.4 Å². The van der Waals surface area contributed by atoms with Gasteiger partial charge in [0.2, 0.25) is 0 Å². The van der Waals surface area contributed by atoms with E-state index in [2.05, 4.69) is 13.5 Å². The predicted octanol–water partition coefficient (Wildman–Crippen LogP) is 0.789. The van der Waals surface area contributed by atoms with Crippen molar-refractivity contribution in [1.82, 2.24) is 0 Å². The minimum absolute atomic E-state index is 0. The van der Waals surface area contributed by atoms with Crippen LogP contribution in [-0.4, -0.2) is 17.4 Å². The smallest absolute Gasteiger partial charge is 0.103 e. The number of hydrogen-bond donors (Lipinski definition) is 0. The highest BCUT2D eigenvalue weighted by Crippen LogP contribution is 1.82. The van der Waals surface area contributed by atoms with E-state index in [9.17, 15) is 0 Å². The molecule has 0 aromatic carbocycles. The van der Waals surface area contributed by atoms with E-state index in [1.165, 1.54) is 6.42 Å². The van der Waals surface area contributed by atoms with E-state index in [1.807, 2.05) is 6.08 Å². The van der Waals surface area contributed by atoms with Gasteiger partial charge in [-0.15, -0.1) is 6.58 Å². The number of unbranched alkanes of at least 4 members (excludes halogenated alkanes) is 1. The molecule has 0 amide bonds. The third-order valence-electron chi connectivity index (χ3n) is 0.493. The Morgan fingerprint density at radius 2 is 2.17 bits per heavy atom. The molecular weight excluding hydrogens is 87.0 g/mol. The summed E-state index contributed by atoms with van der Waals surface area (Å²) < 4.78 is 0. The summed E-state index contributed by atoms with van der Waals surface area (Å²) in [5.74, 6) is 0. The van der Waals surface area contributed by atoms with Crippen LogP contribution in [0.15, 0.2) is 12.7 Å². The van der Waals surface area contributed by atoms with E-state index < -0.39 is 0 Å². The van der Waals surface area contributed by atoms with Crippen molar-refractivity contribution in [3.63, 3.8) is 0 Å². The molecule has 0 nitrogen and oxygen atoms in total. The van der Waals surface area contributed by atoms with Crippen LogP contribution in [0.2, 0.25) is 0 Å². The van der Waals surface area contributed by atoms with Crippen LogP contribution in [0, 0.1) is 0 Å². The van der Waals surface area contributed by atoms with Crippen LogP contribution >= 0.6 is 0 Å². The first kappa shape index (κ1) is 9.55. The maximum absolute atomic E-state index is 3.55. The van der Waals surface area contributed by atoms with Crippen LogP contribution in [0.3, 0.4) is 0 Å². The van der Waals surface area contributed by atoms with E-state index in [4.69, 9.17) is 0 Å². The molecule has 0 fully saturated rings. The minimum atomic E-state index is 0. The minimum Gasteiger partial charge on any atom is -0.103 e. The van der Waals surface area contributed by atoms with E-state index in [0.717, 1.165) is 6.42 Å². The van der Waals surface area contributed by atoms with Crippen molar-refractivity contribution in [1.29, 1.82) is 0 Å². The van der Waals surface area contributed by atoms with Crippen LogP contribution < -0.4 is 0 Å². The van der Waals surface area contributed by atoms with Crippen LogP contribution in [-0.2, 0) is 0 Å². The Balaban J connectivity index is 0. The summed E-state index contributed by atoms with van der Waals surface area (Å²) in [6.45, 7) is 5.69. The van der Waals surface area contributed by atoms with Crippen LogP contribution in [0.25, 0.3) is 0 Å². The molecular formula is C5H13Al. The predicted molar refractivity (Wildman–Crippen MR) is 35.0 cm³/mol. The molecule has 0 bridgehead atoms. The molecule has 0 aliphatic rings. The van der Waals surface area contributed by atoms with Crippen LogP contribution in [0.1, 0.15) is 19.8 Å². The molecule has 6 heavy (non-hydrogen) atoms. The lowest BCUT2D eigenvalue weighted by Gasteiger charge is -1.72. The molecule has 0 aromatic heterocycles. The third kappa shape index (κ3) is 8.86. The first-order valence-corrected chi connectivity index (χ1v) is 2.02. The number of allylic oxidation sites excluding steroid dienone is 1. The van der Waals surface area contributed by atoms with Gasteiger partial charge in [0.1, 0.15) is 0 Å². The lowest BCUT2D eigenvalue weighted by Crippen LogP contribution is -1.52. The Morgan fingerprint density at radius 3 is 2.17 bits per heavy atom. The molecule has 0 saturated carbocycles. The van der Waals surface area contributed by atoms with Gasteiger partial charge in [-0.1, -0.05) is 19.4 Å². The standard InChI is InChI=1S/C5H10.Al.3H/c1-3-5-4-2;;;;/h3H,1,4-5H2,2H3;;;;. The molecule has 36 valence electrons. The lowest BCUT2D eigenvalue weighted by molar-refractivity contribution is 0.961. The molecule has 1 heteroatoms. The van der Waals surface area contributed by atoms with Crippen molar-refractivity contribution in [2.75, 3.05) is 0 Å². The fourth-order valence-corrected chi connectivity index (χ4v) is 0.204.